The van der Waals surface area contributed by atoms with Gasteiger partial charge in [-0.05, 0) is 87.2 Å². The second-order valence-corrected chi connectivity index (χ2v) is 23.7. The van der Waals surface area contributed by atoms with Crippen molar-refractivity contribution >= 4 is 99.7 Å². The molecule has 0 aliphatic carbocycles. The molecule has 12 amide bonds. The van der Waals surface area contributed by atoms with E-state index in [-0.39, 0.29) is 88.7 Å². The lowest BCUT2D eigenvalue weighted by atomic mass is 10.00. The standard InChI is InChI=1S/C58H91N17O16/c1-28(2)23-38(50(83)68-35(17-20-46(79)80)49(82)67-34(13-9-21-65-58(63)64)48(81)71-39(24-29(3)4)51(84)70-37(57(90)91)16-19-44(60)77)72-53(86)41(26-45(61)78)73-52(85)40(25-31-27-66-33-12-8-7-11-32(31)33)74-54(87)42-14-10-22-75(42)56(89)36(15-18-43(59)76)69-55(88)47(62)30(5)6/h7-8,11-12,27-30,34-42,47,66H,9-10,13-26,62H2,1-6H3,(H2,59,76)(H2,60,77)(H2,61,78)(H,67,82)(H,68,83)(H,69,88)(H,70,84)(H,71,81)(H,72,86)(H,73,85)(H,74,87)(H,79,80)(H,90,91)(H4,63,64,65)/t34-,35-,36-,37-,38-,39-,40-,41-,42-,47-/m0/s1. The Hall–Kier alpha value is -9.43. The zero-order valence-corrected chi connectivity index (χ0v) is 52.2. The van der Waals surface area contributed by atoms with E-state index >= 15 is 0 Å². The Balaban J connectivity index is 1.99. The molecular formula is C58H91N17O16. The summed E-state index contributed by atoms with van der Waals surface area (Å²) in [6, 6.07) is -7.83. The average Bonchev–Trinajstić information content (AvgIpc) is 2.86. The van der Waals surface area contributed by atoms with Crippen molar-refractivity contribution in [2.75, 3.05) is 13.1 Å². The number of carbonyl (C=O) groups excluding carboxylic acids is 12. The highest BCUT2D eigenvalue weighted by atomic mass is 16.4. The molecule has 10 atom stereocenters. The molecule has 1 aliphatic rings. The second kappa shape index (κ2) is 36.9. The first kappa shape index (κ1) is 75.8. The smallest absolute Gasteiger partial charge is 0.326 e. The predicted molar refractivity (Wildman–Crippen MR) is 329 cm³/mol. The molecule has 1 fully saturated rings. The fourth-order valence-electron chi connectivity index (χ4n) is 9.92. The molecule has 2 aromatic rings. The number of carbonyl (C=O) groups is 14. The third-order valence-electron chi connectivity index (χ3n) is 14.8. The Kier molecular flexibility index (Phi) is 30.7. The fraction of sp³-hybridized carbons (Fsp3) is 0.603. The number of nitrogens with zero attached hydrogens (tertiary/aromatic N) is 2. The van der Waals surface area contributed by atoms with Gasteiger partial charge in [-0.1, -0.05) is 59.7 Å². The van der Waals surface area contributed by atoms with E-state index in [1.54, 1.807) is 72.0 Å². The number of aromatic amines is 1. The first-order chi connectivity index (χ1) is 42.7. The Bertz CT molecular complexity index is 2970. The number of rotatable bonds is 40. The maximum absolute atomic E-state index is 14.7. The fourth-order valence-corrected chi connectivity index (χ4v) is 9.92. The van der Waals surface area contributed by atoms with Crippen LogP contribution in [0.1, 0.15) is 131 Å². The molecule has 23 N–H and O–H groups in total. The topological polar surface area (TPSA) is 563 Å². The molecule has 504 valence electrons. The highest BCUT2D eigenvalue weighted by Crippen LogP contribution is 2.23. The van der Waals surface area contributed by atoms with E-state index < -0.39 is 175 Å². The van der Waals surface area contributed by atoms with Crippen LogP contribution in [0.25, 0.3) is 10.9 Å². The number of carboxylic acid groups (broad SMARTS) is 2. The zero-order chi connectivity index (χ0) is 68.4. The average molecular weight is 1280 g/mol. The molecule has 0 spiro atoms. The lowest BCUT2D eigenvalue weighted by Crippen LogP contribution is -2.61. The molecule has 1 saturated heterocycles. The summed E-state index contributed by atoms with van der Waals surface area (Å²) in [6.07, 6.45) is -2.12. The van der Waals surface area contributed by atoms with Crippen LogP contribution in [0.4, 0.5) is 0 Å². The Morgan fingerprint density at radius 2 is 1.04 bits per heavy atom. The number of hydrogen-bond donors (Lipinski definition) is 17. The number of nitrogens with two attached hydrogens (primary N) is 6. The molecular weight excluding hydrogens is 1190 g/mol. The number of carboxylic acids is 2. The van der Waals surface area contributed by atoms with Crippen molar-refractivity contribution in [2.45, 2.75) is 192 Å². The van der Waals surface area contributed by atoms with Crippen molar-refractivity contribution in [3.8, 4) is 0 Å². The number of likely N-dealkylation sites (tertiary alicyclic amines) is 1. The van der Waals surface area contributed by atoms with E-state index in [1.807, 2.05) is 0 Å². The normalized spacial score (nSPS) is 15.9. The van der Waals surface area contributed by atoms with Crippen molar-refractivity contribution in [3.05, 3.63) is 36.0 Å². The van der Waals surface area contributed by atoms with Crippen LogP contribution in [0.2, 0.25) is 0 Å². The maximum Gasteiger partial charge on any atom is 0.326 e. The summed E-state index contributed by atoms with van der Waals surface area (Å²) in [4.78, 5) is 195. The quantitative estimate of drug-likeness (QED) is 0.0172. The SMILES string of the molecule is CC(C)C[C@H](NC(=O)[C@H](CCCN=C(N)N)NC(=O)[C@H](CCC(=O)O)NC(=O)[C@H](CC(C)C)NC(=O)[C@H](CC(N)=O)NC(=O)[C@H](Cc1c[nH]c2ccccc12)NC(=O)[C@@H]1CCCN1C(=O)[C@H](CCC(N)=O)NC(=O)[C@@H](N)C(C)C)C(=O)N[C@@H](CCC(N)=O)C(=O)O. The maximum atomic E-state index is 14.7. The number of H-pyrrole nitrogens is 1. The minimum Gasteiger partial charge on any atom is -0.481 e. The zero-order valence-electron chi connectivity index (χ0n) is 52.2. The van der Waals surface area contributed by atoms with E-state index in [9.17, 15) is 77.3 Å². The third kappa shape index (κ3) is 25.9. The molecule has 91 heavy (non-hydrogen) atoms. The summed E-state index contributed by atoms with van der Waals surface area (Å²) >= 11 is 0. The Morgan fingerprint density at radius 1 is 0.571 bits per heavy atom. The number of aliphatic carboxylic acids is 2. The van der Waals surface area contributed by atoms with Crippen LogP contribution in [0.3, 0.4) is 0 Å². The molecule has 0 saturated carbocycles. The van der Waals surface area contributed by atoms with Crippen molar-refractivity contribution in [3.63, 3.8) is 0 Å². The number of primary amides is 3. The van der Waals surface area contributed by atoms with E-state index in [4.69, 9.17) is 34.4 Å². The molecule has 1 aliphatic heterocycles. The molecule has 0 radical (unpaired) electrons. The number of aromatic nitrogens is 1. The largest absolute Gasteiger partial charge is 0.481 e. The van der Waals surface area contributed by atoms with E-state index in [1.165, 1.54) is 4.90 Å². The second-order valence-electron chi connectivity index (χ2n) is 23.7. The van der Waals surface area contributed by atoms with Gasteiger partial charge in [0.1, 0.15) is 54.4 Å². The number of amides is 12. The van der Waals surface area contributed by atoms with Crippen LogP contribution in [-0.2, 0) is 73.5 Å². The van der Waals surface area contributed by atoms with Crippen LogP contribution in [0, 0.1) is 17.8 Å². The summed E-state index contributed by atoms with van der Waals surface area (Å²) in [5.74, 6) is -15.4. The Morgan fingerprint density at radius 3 is 1.56 bits per heavy atom. The summed E-state index contributed by atoms with van der Waals surface area (Å²) in [7, 11) is 0. The number of benzene rings is 1. The van der Waals surface area contributed by atoms with Gasteiger partial charge in [-0.15, -0.1) is 0 Å². The lowest BCUT2D eigenvalue weighted by Gasteiger charge is -2.31. The van der Waals surface area contributed by atoms with Gasteiger partial charge in [0.15, 0.2) is 5.96 Å². The molecule has 0 bridgehead atoms. The van der Waals surface area contributed by atoms with Gasteiger partial charge in [0.25, 0.3) is 0 Å². The van der Waals surface area contributed by atoms with Gasteiger partial charge in [-0.25, -0.2) is 4.79 Å². The first-order valence-electron chi connectivity index (χ1n) is 30.1. The highest BCUT2D eigenvalue weighted by molar-refractivity contribution is 6.00. The number of para-hydroxylation sites is 1. The molecule has 3 rings (SSSR count). The molecule has 2 heterocycles. The summed E-state index contributed by atoms with van der Waals surface area (Å²) in [5.41, 5.74) is 34.4. The van der Waals surface area contributed by atoms with Crippen molar-refractivity contribution in [1.29, 1.82) is 0 Å². The van der Waals surface area contributed by atoms with Crippen molar-refractivity contribution in [2.24, 2.45) is 57.1 Å². The van der Waals surface area contributed by atoms with E-state index in [0.717, 1.165) is 0 Å². The number of nitrogens with one attached hydrogen (secondary N) is 9. The van der Waals surface area contributed by atoms with Gasteiger partial charge in [0.2, 0.25) is 70.9 Å². The summed E-state index contributed by atoms with van der Waals surface area (Å²) in [5, 5.41) is 40.2. The number of fused-ring (bicyclic) bond motifs is 1. The molecule has 0 unspecified atom stereocenters. The highest BCUT2D eigenvalue weighted by Gasteiger charge is 2.41. The van der Waals surface area contributed by atoms with Crippen LogP contribution in [0.15, 0.2) is 35.5 Å². The van der Waals surface area contributed by atoms with Crippen molar-refractivity contribution in [1.82, 2.24) is 52.4 Å². The molecule has 33 heteroatoms. The van der Waals surface area contributed by atoms with Gasteiger partial charge in [0, 0.05) is 55.9 Å². The van der Waals surface area contributed by atoms with Gasteiger partial charge in [0.05, 0.1) is 12.5 Å². The summed E-state index contributed by atoms with van der Waals surface area (Å²) < 4.78 is 0. The molecule has 1 aromatic carbocycles. The minimum atomic E-state index is -1.85. The van der Waals surface area contributed by atoms with Crippen LogP contribution >= 0.6 is 0 Å². The molecule has 33 nitrogen and oxygen atoms in total. The molecule has 1 aromatic heterocycles. The van der Waals surface area contributed by atoms with Gasteiger partial charge < -0.3 is 97.0 Å². The number of hydrogen-bond acceptors (Lipinski definition) is 16. The predicted octanol–water partition coefficient (Wildman–Crippen LogP) is -3.94. The Labute approximate surface area is 526 Å². The lowest BCUT2D eigenvalue weighted by molar-refractivity contribution is -0.143. The van der Waals surface area contributed by atoms with E-state index in [2.05, 4.69) is 52.5 Å². The van der Waals surface area contributed by atoms with Crippen molar-refractivity contribution < 1.29 is 77.3 Å². The van der Waals surface area contributed by atoms with Crippen LogP contribution in [0.5, 0.6) is 0 Å². The summed E-state index contributed by atoms with van der Waals surface area (Å²) in [6.45, 7) is 10.1. The van der Waals surface area contributed by atoms with Gasteiger partial charge in [-0.3, -0.25) is 67.3 Å². The van der Waals surface area contributed by atoms with Crippen LogP contribution < -0.4 is 76.9 Å². The monoisotopic (exact) mass is 1280 g/mol. The van der Waals surface area contributed by atoms with Gasteiger partial charge in [-0.2, -0.15) is 0 Å². The third-order valence-corrected chi connectivity index (χ3v) is 14.8. The number of guanidine groups is 1. The van der Waals surface area contributed by atoms with Gasteiger partial charge >= 0.3 is 11.9 Å². The van der Waals surface area contributed by atoms with E-state index in [0.29, 0.717) is 22.9 Å². The minimum absolute atomic E-state index is 0.0254. The first-order valence-corrected chi connectivity index (χ1v) is 30.1. The number of aliphatic imine (C=N–C) groups is 1. The van der Waals surface area contributed by atoms with Crippen LogP contribution in [-0.4, -0.2) is 182 Å².